The molecule has 3 aromatic rings. The summed E-state index contributed by atoms with van der Waals surface area (Å²) in [7, 11) is 0. The van der Waals surface area contributed by atoms with E-state index in [1.54, 1.807) is 30.5 Å². The number of pyridine rings is 1. The summed E-state index contributed by atoms with van der Waals surface area (Å²) in [6, 6.07) is 9.25. The van der Waals surface area contributed by atoms with Crippen LogP contribution in [0.15, 0.2) is 48.8 Å². The first-order valence-electron chi connectivity index (χ1n) is 9.25. The minimum absolute atomic E-state index is 0.109. The van der Waals surface area contributed by atoms with E-state index in [4.69, 9.17) is 9.84 Å². The number of hydrogen-bond acceptors (Lipinski definition) is 4. The minimum atomic E-state index is -4.43. The van der Waals surface area contributed by atoms with Gasteiger partial charge in [-0.3, -0.25) is 4.79 Å². The number of benzene rings is 1. The van der Waals surface area contributed by atoms with Gasteiger partial charge in [-0.15, -0.1) is 0 Å². The summed E-state index contributed by atoms with van der Waals surface area (Å²) in [5.74, 6) is -0.0802. The summed E-state index contributed by atoms with van der Waals surface area (Å²) >= 11 is 0. The number of carboxylic acids is 1. The number of halogens is 3. The minimum Gasteiger partial charge on any atom is -0.493 e. The quantitative estimate of drug-likeness (QED) is 0.553. The summed E-state index contributed by atoms with van der Waals surface area (Å²) < 4.78 is 45.2. The molecule has 0 amide bonds. The fourth-order valence-electron chi connectivity index (χ4n) is 2.95. The fourth-order valence-corrected chi connectivity index (χ4v) is 2.95. The molecule has 2 heterocycles. The molecular weight excluding hydrogens is 399 g/mol. The highest BCUT2D eigenvalue weighted by atomic mass is 19.4. The average Bonchev–Trinajstić information content (AvgIpc) is 3.06. The maximum Gasteiger partial charge on any atom is 0.417 e. The Labute approximate surface area is 170 Å². The SMILES string of the molecule is Cc1nn(-c2ccc(C(F)(F)F)cn2)cc1CCCOc1ccccc1CC(=O)O. The number of alkyl halides is 3. The standard InChI is InChI=1S/C21H20F3N3O3/c1-14-16(6-4-10-30-18-7-3-2-5-15(18)11-20(28)29)13-27(26-14)19-9-8-17(12-25-19)21(22,23)24/h2-3,5,7-9,12-13H,4,6,10-11H2,1H3,(H,28,29). The number of rotatable bonds is 8. The first-order valence-corrected chi connectivity index (χ1v) is 9.25. The summed E-state index contributed by atoms with van der Waals surface area (Å²) in [4.78, 5) is 14.8. The Morgan fingerprint density at radius 1 is 1.17 bits per heavy atom. The molecule has 0 aliphatic rings. The molecule has 0 aliphatic heterocycles. The van der Waals surface area contributed by atoms with E-state index in [2.05, 4.69) is 10.1 Å². The molecule has 0 fully saturated rings. The molecule has 1 N–H and O–H groups in total. The molecule has 0 saturated heterocycles. The van der Waals surface area contributed by atoms with Gasteiger partial charge in [0.25, 0.3) is 0 Å². The van der Waals surface area contributed by atoms with E-state index in [0.717, 1.165) is 23.5 Å². The molecule has 9 heteroatoms. The number of carboxylic acid groups (broad SMARTS) is 1. The molecule has 2 aromatic heterocycles. The van der Waals surface area contributed by atoms with E-state index in [1.165, 1.54) is 10.7 Å². The van der Waals surface area contributed by atoms with Crippen molar-refractivity contribution in [2.45, 2.75) is 32.4 Å². The Kier molecular flexibility index (Phi) is 6.39. The normalized spacial score (nSPS) is 11.5. The average molecular weight is 419 g/mol. The van der Waals surface area contributed by atoms with Gasteiger partial charge in [-0.05, 0) is 43.5 Å². The van der Waals surface area contributed by atoms with Crippen molar-refractivity contribution in [3.05, 3.63) is 71.2 Å². The van der Waals surface area contributed by atoms with Crippen LogP contribution >= 0.6 is 0 Å². The van der Waals surface area contributed by atoms with Gasteiger partial charge in [0.05, 0.1) is 24.3 Å². The van der Waals surface area contributed by atoms with Gasteiger partial charge in [-0.25, -0.2) is 9.67 Å². The van der Waals surface area contributed by atoms with E-state index in [9.17, 15) is 18.0 Å². The monoisotopic (exact) mass is 419 g/mol. The van der Waals surface area contributed by atoms with Gasteiger partial charge in [0.1, 0.15) is 5.75 Å². The lowest BCUT2D eigenvalue weighted by molar-refractivity contribution is -0.138. The van der Waals surface area contributed by atoms with Crippen LogP contribution in [0.25, 0.3) is 5.82 Å². The molecule has 0 aliphatic carbocycles. The van der Waals surface area contributed by atoms with Crippen molar-refractivity contribution < 1.29 is 27.8 Å². The molecule has 0 bridgehead atoms. The third-order valence-electron chi connectivity index (χ3n) is 4.47. The molecule has 3 rings (SSSR count). The molecule has 0 spiro atoms. The highest BCUT2D eigenvalue weighted by molar-refractivity contribution is 5.71. The maximum atomic E-state index is 12.7. The van der Waals surface area contributed by atoms with Gasteiger partial charge in [-0.1, -0.05) is 18.2 Å². The van der Waals surface area contributed by atoms with Crippen LogP contribution in [0.4, 0.5) is 13.2 Å². The van der Waals surface area contributed by atoms with Crippen LogP contribution in [0.3, 0.4) is 0 Å². The molecule has 6 nitrogen and oxygen atoms in total. The van der Waals surface area contributed by atoms with Gasteiger partial charge in [-0.2, -0.15) is 18.3 Å². The Morgan fingerprint density at radius 3 is 2.60 bits per heavy atom. The highest BCUT2D eigenvalue weighted by Crippen LogP contribution is 2.28. The molecule has 0 unspecified atom stereocenters. The van der Waals surface area contributed by atoms with E-state index in [0.29, 0.717) is 36.6 Å². The Bertz CT molecular complexity index is 1010. The molecule has 158 valence electrons. The lowest BCUT2D eigenvalue weighted by Crippen LogP contribution is -2.07. The van der Waals surface area contributed by atoms with Crippen molar-refractivity contribution in [3.8, 4) is 11.6 Å². The number of aliphatic carboxylic acids is 1. The highest BCUT2D eigenvalue weighted by Gasteiger charge is 2.30. The summed E-state index contributed by atoms with van der Waals surface area (Å²) in [6.45, 7) is 2.21. The lowest BCUT2D eigenvalue weighted by Gasteiger charge is -2.10. The predicted molar refractivity (Wildman–Crippen MR) is 103 cm³/mol. The second kappa shape index (κ2) is 8.98. The number of hydrogen-bond donors (Lipinski definition) is 1. The first kappa shape index (κ1) is 21.4. The summed E-state index contributed by atoms with van der Waals surface area (Å²) in [6.07, 6.45) is -0.707. The third kappa shape index (κ3) is 5.37. The van der Waals surface area contributed by atoms with E-state index in [-0.39, 0.29) is 6.42 Å². The number of ether oxygens (including phenoxy) is 1. The zero-order valence-corrected chi connectivity index (χ0v) is 16.2. The molecule has 0 radical (unpaired) electrons. The molecule has 0 atom stereocenters. The Balaban J connectivity index is 1.59. The maximum absolute atomic E-state index is 12.7. The first-order chi connectivity index (χ1) is 14.2. The van der Waals surface area contributed by atoms with Crippen molar-refractivity contribution in [1.29, 1.82) is 0 Å². The van der Waals surface area contributed by atoms with Crippen molar-refractivity contribution in [1.82, 2.24) is 14.8 Å². The number of carbonyl (C=O) groups is 1. The van der Waals surface area contributed by atoms with Crippen molar-refractivity contribution in [2.24, 2.45) is 0 Å². The number of aryl methyl sites for hydroxylation is 2. The van der Waals surface area contributed by atoms with Crippen LogP contribution in [0.1, 0.15) is 28.8 Å². The van der Waals surface area contributed by atoms with E-state index >= 15 is 0 Å². The van der Waals surface area contributed by atoms with Crippen LogP contribution in [0.2, 0.25) is 0 Å². The Hall–Kier alpha value is -3.36. The lowest BCUT2D eigenvalue weighted by atomic mass is 10.1. The van der Waals surface area contributed by atoms with Crippen LogP contribution < -0.4 is 4.74 Å². The van der Waals surface area contributed by atoms with Crippen molar-refractivity contribution in [2.75, 3.05) is 6.61 Å². The van der Waals surface area contributed by atoms with Crippen molar-refractivity contribution >= 4 is 5.97 Å². The van der Waals surface area contributed by atoms with Crippen LogP contribution in [0, 0.1) is 6.92 Å². The fraction of sp³-hybridized carbons (Fsp3) is 0.286. The number of para-hydroxylation sites is 1. The third-order valence-corrected chi connectivity index (χ3v) is 4.47. The van der Waals surface area contributed by atoms with Gasteiger partial charge >= 0.3 is 12.1 Å². The van der Waals surface area contributed by atoms with Crippen LogP contribution in [-0.2, 0) is 23.8 Å². The second-order valence-corrected chi connectivity index (χ2v) is 6.72. The molecule has 0 saturated carbocycles. The zero-order chi connectivity index (χ0) is 21.7. The van der Waals surface area contributed by atoms with E-state index in [1.807, 2.05) is 6.92 Å². The van der Waals surface area contributed by atoms with Gasteiger partial charge in [0.15, 0.2) is 5.82 Å². The van der Waals surface area contributed by atoms with Gasteiger partial charge < -0.3 is 9.84 Å². The van der Waals surface area contributed by atoms with E-state index < -0.39 is 17.7 Å². The molecular formula is C21H20F3N3O3. The molecule has 30 heavy (non-hydrogen) atoms. The van der Waals surface area contributed by atoms with Crippen LogP contribution in [0.5, 0.6) is 5.75 Å². The Morgan fingerprint density at radius 2 is 1.93 bits per heavy atom. The largest absolute Gasteiger partial charge is 0.493 e. The second-order valence-electron chi connectivity index (χ2n) is 6.72. The topological polar surface area (TPSA) is 77.2 Å². The van der Waals surface area contributed by atoms with Gasteiger partial charge in [0, 0.05) is 18.0 Å². The van der Waals surface area contributed by atoms with Gasteiger partial charge in [0.2, 0.25) is 0 Å². The smallest absolute Gasteiger partial charge is 0.417 e. The van der Waals surface area contributed by atoms with Crippen LogP contribution in [-0.4, -0.2) is 32.4 Å². The summed E-state index contributed by atoms with van der Waals surface area (Å²) in [5, 5.41) is 13.3. The van der Waals surface area contributed by atoms with Crippen molar-refractivity contribution in [3.63, 3.8) is 0 Å². The zero-order valence-electron chi connectivity index (χ0n) is 16.2. The molecule has 1 aromatic carbocycles. The summed E-state index contributed by atoms with van der Waals surface area (Å²) in [5.41, 5.74) is 1.49. The number of aromatic nitrogens is 3. The predicted octanol–water partition coefficient (Wildman–Crippen LogP) is 4.23. The number of nitrogens with zero attached hydrogens (tertiary/aromatic N) is 3.